The monoisotopic (exact) mass is 295 g/mol. The Bertz CT molecular complexity index is 487. The van der Waals surface area contributed by atoms with Crippen LogP contribution in [0.4, 0.5) is 8.78 Å². The van der Waals surface area contributed by atoms with Crippen molar-refractivity contribution in [1.29, 1.82) is 0 Å². The molecule has 2 atom stereocenters. The van der Waals surface area contributed by atoms with Gasteiger partial charge < -0.3 is 5.32 Å². The summed E-state index contributed by atoms with van der Waals surface area (Å²) >= 11 is 0. The molecule has 1 amide bonds. The van der Waals surface area contributed by atoms with Gasteiger partial charge in [0, 0.05) is 18.8 Å². The average molecular weight is 295 g/mol. The standard InChI is InChI=1S/C12H19F2NO3S/c1-11(2)9(7-19(11,17)18)15-10(16)6-8-4-3-5-12(8,13)14/h8-9H,3-7H2,1-2H3,(H,15,16)/t8?,9-/m0/s1. The summed E-state index contributed by atoms with van der Waals surface area (Å²) in [5.41, 5.74) is 0. The maximum Gasteiger partial charge on any atom is 0.251 e. The molecule has 1 N–H and O–H groups in total. The van der Waals surface area contributed by atoms with Crippen molar-refractivity contribution in [3.8, 4) is 0 Å². The minimum absolute atomic E-state index is 0.104. The van der Waals surface area contributed by atoms with Gasteiger partial charge in [-0.05, 0) is 26.7 Å². The molecular weight excluding hydrogens is 276 g/mol. The summed E-state index contributed by atoms with van der Waals surface area (Å²) in [5.74, 6) is -4.25. The van der Waals surface area contributed by atoms with Gasteiger partial charge in [0.1, 0.15) is 0 Å². The molecule has 0 aromatic heterocycles. The number of alkyl halides is 2. The number of hydrogen-bond donors (Lipinski definition) is 1. The van der Waals surface area contributed by atoms with Crippen molar-refractivity contribution in [2.24, 2.45) is 5.92 Å². The number of halogens is 2. The van der Waals surface area contributed by atoms with E-state index in [1.807, 2.05) is 0 Å². The van der Waals surface area contributed by atoms with Gasteiger partial charge in [-0.25, -0.2) is 17.2 Å². The number of hydrogen-bond acceptors (Lipinski definition) is 3. The van der Waals surface area contributed by atoms with E-state index in [1.54, 1.807) is 13.8 Å². The maximum atomic E-state index is 13.4. The van der Waals surface area contributed by atoms with Gasteiger partial charge in [0.15, 0.2) is 9.84 Å². The van der Waals surface area contributed by atoms with Crippen molar-refractivity contribution >= 4 is 15.7 Å². The van der Waals surface area contributed by atoms with Crippen LogP contribution in [0.15, 0.2) is 0 Å². The molecule has 0 aromatic carbocycles. The van der Waals surface area contributed by atoms with Crippen molar-refractivity contribution in [1.82, 2.24) is 5.32 Å². The molecule has 1 aliphatic heterocycles. The van der Waals surface area contributed by atoms with Crippen molar-refractivity contribution in [2.75, 3.05) is 5.75 Å². The molecule has 2 rings (SSSR count). The second kappa shape index (κ2) is 4.40. The van der Waals surface area contributed by atoms with Crippen LogP contribution in [0.25, 0.3) is 0 Å². The van der Waals surface area contributed by atoms with E-state index in [4.69, 9.17) is 0 Å². The van der Waals surface area contributed by atoms with E-state index >= 15 is 0 Å². The van der Waals surface area contributed by atoms with E-state index in [9.17, 15) is 22.0 Å². The SMILES string of the molecule is CC1(C)[C@@H](NC(=O)CC2CCCC2(F)F)CS1(=O)=O. The number of nitrogens with one attached hydrogen (secondary N) is 1. The van der Waals surface area contributed by atoms with Gasteiger partial charge in [0.05, 0.1) is 16.5 Å². The zero-order chi connectivity index (χ0) is 14.5. The first-order valence-corrected chi connectivity index (χ1v) is 8.11. The van der Waals surface area contributed by atoms with Crippen LogP contribution in [-0.2, 0) is 14.6 Å². The Hall–Kier alpha value is -0.720. The van der Waals surface area contributed by atoms with E-state index in [0.29, 0.717) is 12.8 Å². The minimum atomic E-state index is -3.17. The lowest BCUT2D eigenvalue weighted by Gasteiger charge is -2.43. The van der Waals surface area contributed by atoms with Gasteiger partial charge in [0.25, 0.3) is 5.92 Å². The topological polar surface area (TPSA) is 63.2 Å². The lowest BCUT2D eigenvalue weighted by Crippen LogP contribution is -2.67. The van der Waals surface area contributed by atoms with Gasteiger partial charge >= 0.3 is 0 Å². The normalized spacial score (nSPS) is 34.5. The fourth-order valence-electron chi connectivity index (χ4n) is 2.70. The van der Waals surface area contributed by atoms with Crippen LogP contribution in [0.2, 0.25) is 0 Å². The summed E-state index contributed by atoms with van der Waals surface area (Å²) in [7, 11) is -3.17. The van der Waals surface area contributed by atoms with E-state index in [1.165, 1.54) is 0 Å². The van der Waals surface area contributed by atoms with E-state index in [-0.39, 0.29) is 18.6 Å². The van der Waals surface area contributed by atoms with Gasteiger partial charge in [-0.3, -0.25) is 4.79 Å². The largest absolute Gasteiger partial charge is 0.351 e. The first kappa shape index (κ1) is 14.7. The highest BCUT2D eigenvalue weighted by Crippen LogP contribution is 2.42. The van der Waals surface area contributed by atoms with Gasteiger partial charge in [-0.1, -0.05) is 0 Å². The summed E-state index contributed by atoms with van der Waals surface area (Å²) < 4.78 is 48.8. The number of carbonyl (C=O) groups excluding carboxylic acids is 1. The van der Waals surface area contributed by atoms with Gasteiger partial charge in [-0.15, -0.1) is 0 Å². The third-order valence-corrected chi connectivity index (χ3v) is 7.11. The Morgan fingerprint density at radius 2 is 2.00 bits per heavy atom. The Labute approximate surface area is 111 Å². The quantitative estimate of drug-likeness (QED) is 0.858. The predicted octanol–water partition coefficient (Wildman–Crippen LogP) is 1.50. The smallest absolute Gasteiger partial charge is 0.251 e. The highest BCUT2D eigenvalue weighted by Gasteiger charge is 2.54. The Morgan fingerprint density at radius 3 is 2.42 bits per heavy atom. The van der Waals surface area contributed by atoms with Crippen molar-refractivity contribution in [2.45, 2.75) is 56.2 Å². The lowest BCUT2D eigenvalue weighted by atomic mass is 9.98. The number of carbonyl (C=O) groups is 1. The molecule has 1 saturated heterocycles. The first-order valence-electron chi connectivity index (χ1n) is 6.46. The van der Waals surface area contributed by atoms with Crippen molar-refractivity contribution in [3.63, 3.8) is 0 Å². The molecule has 1 saturated carbocycles. The van der Waals surface area contributed by atoms with Crippen LogP contribution in [-0.4, -0.2) is 36.8 Å². The maximum absolute atomic E-state index is 13.4. The third-order valence-electron chi connectivity index (χ3n) is 4.45. The first-order chi connectivity index (χ1) is 8.56. The van der Waals surface area contributed by atoms with E-state index in [0.717, 1.165) is 0 Å². The fraction of sp³-hybridized carbons (Fsp3) is 0.917. The highest BCUT2D eigenvalue weighted by atomic mass is 32.2. The molecule has 0 spiro atoms. The van der Waals surface area contributed by atoms with E-state index < -0.39 is 38.4 Å². The summed E-state index contributed by atoms with van der Waals surface area (Å²) in [6.45, 7) is 3.09. The van der Waals surface area contributed by atoms with Crippen molar-refractivity contribution < 1.29 is 22.0 Å². The van der Waals surface area contributed by atoms with Gasteiger partial charge in [-0.2, -0.15) is 0 Å². The summed E-state index contributed by atoms with van der Waals surface area (Å²) in [5, 5.41) is 2.58. The number of rotatable bonds is 3. The molecule has 2 aliphatic rings. The number of sulfone groups is 1. The van der Waals surface area contributed by atoms with Crippen LogP contribution in [0.3, 0.4) is 0 Å². The van der Waals surface area contributed by atoms with Crippen LogP contribution < -0.4 is 5.32 Å². The zero-order valence-corrected chi connectivity index (χ0v) is 11.9. The second-order valence-corrected chi connectivity index (χ2v) is 8.67. The molecule has 1 aliphatic carbocycles. The third kappa shape index (κ3) is 2.49. The highest BCUT2D eigenvalue weighted by molar-refractivity contribution is 7.94. The van der Waals surface area contributed by atoms with Crippen LogP contribution in [0, 0.1) is 5.92 Å². The van der Waals surface area contributed by atoms with E-state index in [2.05, 4.69) is 5.32 Å². The molecule has 110 valence electrons. The fourth-order valence-corrected chi connectivity index (χ4v) is 4.34. The molecule has 1 unspecified atom stereocenters. The van der Waals surface area contributed by atoms with Crippen LogP contribution >= 0.6 is 0 Å². The summed E-state index contributed by atoms with van der Waals surface area (Å²) in [6, 6.07) is -0.472. The van der Waals surface area contributed by atoms with Crippen LogP contribution in [0.1, 0.15) is 39.5 Å². The molecule has 0 aromatic rings. The summed E-state index contributed by atoms with van der Waals surface area (Å²) in [6.07, 6.45) is 0.412. The second-order valence-electron chi connectivity index (χ2n) is 6.06. The Kier molecular flexibility index (Phi) is 3.40. The summed E-state index contributed by atoms with van der Waals surface area (Å²) in [4.78, 5) is 11.7. The zero-order valence-electron chi connectivity index (χ0n) is 11.1. The van der Waals surface area contributed by atoms with Crippen LogP contribution in [0.5, 0.6) is 0 Å². The Balaban J connectivity index is 1.90. The number of amides is 1. The van der Waals surface area contributed by atoms with Gasteiger partial charge in [0.2, 0.25) is 5.91 Å². The Morgan fingerprint density at radius 1 is 1.37 bits per heavy atom. The molecule has 0 radical (unpaired) electrons. The lowest BCUT2D eigenvalue weighted by molar-refractivity contribution is -0.126. The molecule has 7 heteroatoms. The molecule has 0 bridgehead atoms. The molecule has 2 fully saturated rings. The average Bonchev–Trinajstić information content (AvgIpc) is 2.57. The molecule has 19 heavy (non-hydrogen) atoms. The molecule has 4 nitrogen and oxygen atoms in total. The minimum Gasteiger partial charge on any atom is -0.351 e. The molecular formula is C12H19F2NO3S. The predicted molar refractivity (Wildman–Crippen MR) is 66.7 cm³/mol. The van der Waals surface area contributed by atoms with Crippen molar-refractivity contribution in [3.05, 3.63) is 0 Å². The molecule has 1 heterocycles.